The third-order valence-electron chi connectivity index (χ3n) is 5.70. The molecule has 1 amide bonds. The number of hydrogen-bond acceptors (Lipinski definition) is 7. The highest BCUT2D eigenvalue weighted by molar-refractivity contribution is 6.05. The van der Waals surface area contributed by atoms with Gasteiger partial charge in [0.05, 0.1) is 33.8 Å². The zero-order valence-electron chi connectivity index (χ0n) is 20.7. The lowest BCUT2D eigenvalue weighted by Gasteiger charge is -2.15. The number of aromatic nitrogens is 6. The van der Waals surface area contributed by atoms with Gasteiger partial charge in [0.1, 0.15) is 30.0 Å². The van der Waals surface area contributed by atoms with Gasteiger partial charge in [-0.3, -0.25) is 4.79 Å². The molecule has 0 unspecified atom stereocenters. The van der Waals surface area contributed by atoms with Gasteiger partial charge in [0.15, 0.2) is 0 Å². The Kier molecular flexibility index (Phi) is 7.19. The number of anilines is 1. The molecule has 0 bridgehead atoms. The van der Waals surface area contributed by atoms with Gasteiger partial charge < -0.3 is 10.1 Å². The minimum Gasteiger partial charge on any atom is -0.438 e. The average Bonchev–Trinajstić information content (AvgIpc) is 3.49. The van der Waals surface area contributed by atoms with Crippen molar-refractivity contribution in [3.05, 3.63) is 102 Å². The van der Waals surface area contributed by atoms with Gasteiger partial charge in [-0.05, 0) is 54.6 Å². The number of rotatable bonds is 7. The molecule has 0 spiro atoms. The number of alkyl halides is 3. The number of aryl methyl sites for hydroxylation is 1. The second-order valence-corrected chi connectivity index (χ2v) is 8.34. The van der Waals surface area contributed by atoms with Crippen LogP contribution in [0, 0.1) is 5.82 Å². The Labute approximate surface area is 224 Å². The van der Waals surface area contributed by atoms with Crippen LogP contribution in [-0.4, -0.2) is 35.6 Å². The van der Waals surface area contributed by atoms with Crippen LogP contribution in [-0.2, 0) is 12.6 Å². The number of carbonyl (C=O) groups excluding carboxylic acids is 1. The smallest absolute Gasteiger partial charge is 0.416 e. The van der Waals surface area contributed by atoms with Gasteiger partial charge in [0.25, 0.3) is 5.91 Å². The van der Waals surface area contributed by atoms with Gasteiger partial charge >= 0.3 is 6.18 Å². The fourth-order valence-corrected chi connectivity index (χ4v) is 3.77. The first kappa shape index (κ1) is 26.4. The molecule has 0 atom stereocenters. The Morgan fingerprint density at radius 3 is 2.65 bits per heavy atom. The van der Waals surface area contributed by atoms with E-state index in [2.05, 4.69) is 30.4 Å². The summed E-state index contributed by atoms with van der Waals surface area (Å²) in [6, 6.07) is 11.3. The molecule has 0 aliphatic heterocycles. The van der Waals surface area contributed by atoms with E-state index < -0.39 is 29.0 Å². The maximum Gasteiger partial charge on any atom is 0.416 e. The summed E-state index contributed by atoms with van der Waals surface area (Å²) >= 11 is 0. The molecule has 0 saturated heterocycles. The highest BCUT2D eigenvalue weighted by atomic mass is 19.4. The maximum atomic E-state index is 14.8. The lowest BCUT2D eigenvalue weighted by Crippen LogP contribution is -2.17. The summed E-state index contributed by atoms with van der Waals surface area (Å²) < 4.78 is 62.0. The third kappa shape index (κ3) is 5.62. The van der Waals surface area contributed by atoms with Gasteiger partial charge in [0, 0.05) is 18.8 Å². The zero-order chi connectivity index (χ0) is 28.3. The van der Waals surface area contributed by atoms with Crippen molar-refractivity contribution < 1.29 is 27.1 Å². The summed E-state index contributed by atoms with van der Waals surface area (Å²) in [4.78, 5) is 29.8. The molecule has 0 radical (unpaired) electrons. The average molecular weight is 549 g/mol. The van der Waals surface area contributed by atoms with Gasteiger partial charge in [-0.15, -0.1) is 0 Å². The fourth-order valence-electron chi connectivity index (χ4n) is 3.77. The third-order valence-corrected chi connectivity index (χ3v) is 5.70. The summed E-state index contributed by atoms with van der Waals surface area (Å²) in [6.45, 7) is 1.92. The fraction of sp³-hybridized carbons (Fsp3) is 0.111. The molecule has 202 valence electrons. The van der Waals surface area contributed by atoms with Crippen molar-refractivity contribution in [1.82, 2.24) is 29.7 Å². The highest BCUT2D eigenvalue weighted by Gasteiger charge is 2.31. The molecule has 3 aromatic heterocycles. The van der Waals surface area contributed by atoms with Gasteiger partial charge in [-0.2, -0.15) is 18.3 Å². The molecule has 3 heterocycles. The molecular weight excluding hydrogens is 530 g/mol. The molecule has 9 nitrogen and oxygen atoms in total. The van der Waals surface area contributed by atoms with Crippen molar-refractivity contribution in [2.75, 3.05) is 5.32 Å². The molecule has 13 heteroatoms. The van der Waals surface area contributed by atoms with E-state index in [1.165, 1.54) is 29.6 Å². The first-order valence-corrected chi connectivity index (χ1v) is 11.8. The number of halogens is 4. The quantitative estimate of drug-likeness (QED) is 0.253. The lowest BCUT2D eigenvalue weighted by atomic mass is 10.1. The van der Waals surface area contributed by atoms with E-state index in [0.29, 0.717) is 23.5 Å². The van der Waals surface area contributed by atoms with Crippen LogP contribution in [0.4, 0.5) is 23.2 Å². The van der Waals surface area contributed by atoms with E-state index in [-0.39, 0.29) is 23.0 Å². The number of carbonyl (C=O) groups is 1. The van der Waals surface area contributed by atoms with Crippen LogP contribution in [0.15, 0.2) is 79.6 Å². The predicted molar refractivity (Wildman–Crippen MR) is 135 cm³/mol. The van der Waals surface area contributed by atoms with Crippen LogP contribution < -0.4 is 10.1 Å². The molecular formula is C27H19F4N7O2. The molecule has 2 aromatic carbocycles. The number of amides is 1. The van der Waals surface area contributed by atoms with Crippen molar-refractivity contribution >= 4 is 11.6 Å². The highest BCUT2D eigenvalue weighted by Crippen LogP contribution is 2.34. The van der Waals surface area contributed by atoms with Crippen LogP contribution in [0.5, 0.6) is 11.6 Å². The molecule has 40 heavy (non-hydrogen) atoms. The van der Waals surface area contributed by atoms with E-state index >= 15 is 0 Å². The minimum absolute atomic E-state index is 0.0665. The molecule has 0 aliphatic carbocycles. The Morgan fingerprint density at radius 2 is 1.90 bits per heavy atom. The Hall–Kier alpha value is -5.20. The second-order valence-electron chi connectivity index (χ2n) is 8.34. The topological polar surface area (TPSA) is 108 Å². The van der Waals surface area contributed by atoms with Crippen LogP contribution >= 0.6 is 0 Å². The number of hydrogen-bond donors (Lipinski definition) is 1. The van der Waals surface area contributed by atoms with Crippen molar-refractivity contribution in [3.8, 4) is 28.6 Å². The van der Waals surface area contributed by atoms with Crippen molar-refractivity contribution in [2.24, 2.45) is 0 Å². The Balaban J connectivity index is 1.46. The van der Waals surface area contributed by atoms with E-state index in [4.69, 9.17) is 4.74 Å². The largest absolute Gasteiger partial charge is 0.438 e. The van der Waals surface area contributed by atoms with Gasteiger partial charge in [0.2, 0.25) is 5.88 Å². The second kappa shape index (κ2) is 10.9. The first-order chi connectivity index (χ1) is 19.2. The number of nitrogens with zero attached hydrogens (tertiary/aromatic N) is 6. The van der Waals surface area contributed by atoms with Crippen LogP contribution in [0.25, 0.3) is 16.9 Å². The molecule has 0 aliphatic rings. The standard InChI is InChI=1S/C27H19F4N7O2/c1-2-24-33-11-9-21(36-24)18-4-3-10-34-26(18)40-17-6-7-20(28)19(13-17)25(39)37-22-12-16(27(29,30)31)5-8-23(22)38-15-32-14-35-38/h3-15H,2H2,1H3,(H,37,39). The van der Waals surface area contributed by atoms with E-state index in [1.54, 1.807) is 24.4 Å². The van der Waals surface area contributed by atoms with Crippen molar-refractivity contribution in [3.63, 3.8) is 0 Å². The van der Waals surface area contributed by atoms with Crippen LogP contribution in [0.1, 0.15) is 28.7 Å². The van der Waals surface area contributed by atoms with Crippen molar-refractivity contribution in [2.45, 2.75) is 19.5 Å². The summed E-state index contributed by atoms with van der Waals surface area (Å²) in [7, 11) is 0. The molecule has 0 fully saturated rings. The summed E-state index contributed by atoms with van der Waals surface area (Å²) in [6.07, 6.45) is 1.47. The van der Waals surface area contributed by atoms with Crippen molar-refractivity contribution in [1.29, 1.82) is 0 Å². The molecule has 5 rings (SSSR count). The Bertz CT molecular complexity index is 1670. The maximum absolute atomic E-state index is 14.8. The molecule has 1 N–H and O–H groups in total. The number of benzene rings is 2. The van der Waals surface area contributed by atoms with Gasteiger partial charge in [-0.25, -0.2) is 29.0 Å². The monoisotopic (exact) mass is 549 g/mol. The Morgan fingerprint density at radius 1 is 1.05 bits per heavy atom. The van der Waals surface area contributed by atoms with Crippen LogP contribution in [0.2, 0.25) is 0 Å². The zero-order valence-corrected chi connectivity index (χ0v) is 20.7. The predicted octanol–water partition coefficient (Wildman–Crippen LogP) is 5.88. The number of nitrogens with one attached hydrogen (secondary N) is 1. The van der Waals surface area contributed by atoms with E-state index in [9.17, 15) is 22.4 Å². The normalized spacial score (nSPS) is 11.3. The van der Waals surface area contributed by atoms with E-state index in [1.807, 2.05) is 6.92 Å². The lowest BCUT2D eigenvalue weighted by molar-refractivity contribution is -0.137. The summed E-state index contributed by atoms with van der Waals surface area (Å²) in [5.74, 6) is -1.09. The summed E-state index contributed by atoms with van der Waals surface area (Å²) in [5.41, 5.74) is -0.536. The number of ether oxygens (including phenoxy) is 1. The van der Waals surface area contributed by atoms with Gasteiger partial charge in [-0.1, -0.05) is 6.92 Å². The van der Waals surface area contributed by atoms with Crippen LogP contribution in [0.3, 0.4) is 0 Å². The number of pyridine rings is 1. The van der Waals surface area contributed by atoms with E-state index in [0.717, 1.165) is 30.3 Å². The first-order valence-electron chi connectivity index (χ1n) is 11.8. The molecule has 0 saturated carbocycles. The summed E-state index contributed by atoms with van der Waals surface area (Å²) in [5, 5.41) is 6.26. The molecule has 5 aromatic rings. The SMILES string of the molecule is CCc1nccc(-c2cccnc2Oc2ccc(F)c(C(=O)Nc3cc(C(F)(F)F)ccc3-n3cncn3)c2)n1. The minimum atomic E-state index is -4.68.